The summed E-state index contributed by atoms with van der Waals surface area (Å²) in [5.41, 5.74) is 6.36. The molecule has 2 aromatic carbocycles. The number of hydrogen-bond donors (Lipinski definition) is 1. The Hall–Kier alpha value is -4.00. The Morgan fingerprint density at radius 3 is 2.64 bits per heavy atom. The SMILES string of the molecule is CCn1c(CCNC(=O)c2cc(-c3ccc(C)cc3)nc3onc(C)c23)nc2ccccc21. The number of amides is 1. The van der Waals surface area contributed by atoms with Crippen molar-refractivity contribution in [3.63, 3.8) is 0 Å². The van der Waals surface area contributed by atoms with E-state index in [0.29, 0.717) is 41.0 Å². The van der Waals surface area contributed by atoms with Crippen LogP contribution in [0.3, 0.4) is 0 Å². The van der Waals surface area contributed by atoms with E-state index in [4.69, 9.17) is 9.51 Å². The molecule has 5 aromatic rings. The van der Waals surface area contributed by atoms with Crippen LogP contribution in [0.25, 0.3) is 33.4 Å². The van der Waals surface area contributed by atoms with Crippen molar-refractivity contribution in [3.8, 4) is 11.3 Å². The van der Waals surface area contributed by atoms with Gasteiger partial charge in [-0.3, -0.25) is 4.79 Å². The number of nitrogens with zero attached hydrogens (tertiary/aromatic N) is 4. The van der Waals surface area contributed by atoms with Gasteiger partial charge >= 0.3 is 0 Å². The van der Waals surface area contributed by atoms with Crippen molar-refractivity contribution < 1.29 is 9.32 Å². The van der Waals surface area contributed by atoms with Gasteiger partial charge in [-0.2, -0.15) is 0 Å². The molecule has 5 rings (SSSR count). The fraction of sp³-hybridized carbons (Fsp3) is 0.231. The number of nitrogens with one attached hydrogen (secondary N) is 1. The van der Waals surface area contributed by atoms with E-state index >= 15 is 0 Å². The molecule has 0 aliphatic rings. The average molecular weight is 440 g/mol. The molecule has 0 radical (unpaired) electrons. The molecular weight excluding hydrogens is 414 g/mol. The lowest BCUT2D eigenvalue weighted by Crippen LogP contribution is -2.27. The van der Waals surface area contributed by atoms with Crippen molar-refractivity contribution in [3.05, 3.63) is 77.2 Å². The molecule has 33 heavy (non-hydrogen) atoms. The molecule has 1 N–H and O–H groups in total. The molecular formula is C26H25N5O2. The number of pyridine rings is 1. The third-order valence-electron chi connectivity index (χ3n) is 5.89. The fourth-order valence-electron chi connectivity index (χ4n) is 4.20. The molecule has 3 heterocycles. The van der Waals surface area contributed by atoms with E-state index in [1.54, 1.807) is 0 Å². The first kappa shape index (κ1) is 20.9. The minimum absolute atomic E-state index is 0.179. The highest BCUT2D eigenvalue weighted by atomic mass is 16.5. The van der Waals surface area contributed by atoms with Gasteiger partial charge in [0.05, 0.1) is 33.4 Å². The summed E-state index contributed by atoms with van der Waals surface area (Å²) in [6, 6.07) is 17.9. The maximum Gasteiger partial charge on any atom is 0.259 e. The number of fused-ring (bicyclic) bond motifs is 2. The molecule has 0 aliphatic heterocycles. The zero-order valence-corrected chi connectivity index (χ0v) is 18.9. The molecule has 0 fully saturated rings. The van der Waals surface area contributed by atoms with Gasteiger partial charge in [-0.1, -0.05) is 47.1 Å². The van der Waals surface area contributed by atoms with E-state index < -0.39 is 0 Å². The Bertz CT molecular complexity index is 1460. The van der Waals surface area contributed by atoms with Gasteiger partial charge in [0.1, 0.15) is 5.82 Å². The third-order valence-corrected chi connectivity index (χ3v) is 5.89. The Balaban J connectivity index is 1.41. The highest BCUT2D eigenvalue weighted by Crippen LogP contribution is 2.27. The molecule has 166 valence electrons. The highest BCUT2D eigenvalue weighted by molar-refractivity contribution is 6.07. The number of rotatable bonds is 6. The maximum absolute atomic E-state index is 13.2. The predicted octanol–water partition coefficient (Wildman–Crippen LogP) is 4.85. The van der Waals surface area contributed by atoms with Crippen molar-refractivity contribution in [1.29, 1.82) is 0 Å². The summed E-state index contributed by atoms with van der Waals surface area (Å²) in [5, 5.41) is 7.73. The zero-order chi connectivity index (χ0) is 22.9. The first-order chi connectivity index (χ1) is 16.0. The lowest BCUT2D eigenvalue weighted by Gasteiger charge is -2.09. The molecule has 7 heteroatoms. The molecule has 0 spiro atoms. The zero-order valence-electron chi connectivity index (χ0n) is 18.9. The van der Waals surface area contributed by atoms with Gasteiger partial charge in [0.25, 0.3) is 11.6 Å². The number of carbonyl (C=O) groups excluding carboxylic acids is 1. The van der Waals surface area contributed by atoms with Crippen LogP contribution in [0.1, 0.15) is 34.4 Å². The van der Waals surface area contributed by atoms with Crippen LogP contribution in [0.2, 0.25) is 0 Å². The second kappa shape index (κ2) is 8.50. The van der Waals surface area contributed by atoms with Crippen LogP contribution < -0.4 is 5.32 Å². The Morgan fingerprint density at radius 2 is 1.85 bits per heavy atom. The van der Waals surface area contributed by atoms with Crippen LogP contribution >= 0.6 is 0 Å². The van der Waals surface area contributed by atoms with Crippen molar-refractivity contribution in [2.75, 3.05) is 6.54 Å². The van der Waals surface area contributed by atoms with Crippen LogP contribution in [-0.4, -0.2) is 32.1 Å². The Labute approximate surface area is 191 Å². The summed E-state index contributed by atoms with van der Waals surface area (Å²) in [4.78, 5) is 22.6. The van der Waals surface area contributed by atoms with Crippen LogP contribution in [-0.2, 0) is 13.0 Å². The smallest absolute Gasteiger partial charge is 0.259 e. The number of aryl methyl sites for hydroxylation is 3. The van der Waals surface area contributed by atoms with Crippen molar-refractivity contribution in [2.45, 2.75) is 33.7 Å². The van der Waals surface area contributed by atoms with E-state index in [0.717, 1.165) is 34.5 Å². The summed E-state index contributed by atoms with van der Waals surface area (Å²) in [6.07, 6.45) is 0.635. The third kappa shape index (κ3) is 3.86. The average Bonchev–Trinajstić information content (AvgIpc) is 3.38. The van der Waals surface area contributed by atoms with Crippen LogP contribution in [0, 0.1) is 13.8 Å². The van der Waals surface area contributed by atoms with Crippen molar-refractivity contribution >= 4 is 28.0 Å². The normalized spacial score (nSPS) is 11.4. The van der Waals surface area contributed by atoms with E-state index in [2.05, 4.69) is 33.0 Å². The number of hydrogen-bond acceptors (Lipinski definition) is 5. The minimum atomic E-state index is -0.179. The molecule has 0 aliphatic carbocycles. The van der Waals surface area contributed by atoms with Gasteiger partial charge in [-0.05, 0) is 39.0 Å². The first-order valence-electron chi connectivity index (χ1n) is 11.1. The highest BCUT2D eigenvalue weighted by Gasteiger charge is 2.19. The van der Waals surface area contributed by atoms with Gasteiger partial charge in [-0.15, -0.1) is 0 Å². The number of para-hydroxylation sites is 2. The summed E-state index contributed by atoms with van der Waals surface area (Å²) < 4.78 is 7.59. The molecule has 1 amide bonds. The van der Waals surface area contributed by atoms with E-state index in [1.165, 1.54) is 0 Å². The number of imidazole rings is 1. The monoisotopic (exact) mass is 439 g/mol. The summed E-state index contributed by atoms with van der Waals surface area (Å²) in [7, 11) is 0. The van der Waals surface area contributed by atoms with Gasteiger partial charge in [0.2, 0.25) is 0 Å². The standard InChI is InChI=1S/C26H25N5O2/c1-4-31-22-8-6-5-7-20(22)28-23(31)13-14-27-25(32)19-15-21(18-11-9-16(2)10-12-18)29-26-24(19)17(3)30-33-26/h5-12,15H,4,13-14H2,1-3H3,(H,27,32). The maximum atomic E-state index is 13.2. The molecule has 0 saturated carbocycles. The second-order valence-corrected chi connectivity index (χ2v) is 8.14. The summed E-state index contributed by atoms with van der Waals surface area (Å²) in [6.45, 7) is 7.25. The number of aromatic nitrogens is 4. The second-order valence-electron chi connectivity index (χ2n) is 8.14. The van der Waals surface area contributed by atoms with E-state index in [-0.39, 0.29) is 5.91 Å². The minimum Gasteiger partial charge on any atom is -0.352 e. The Morgan fingerprint density at radius 1 is 1.06 bits per heavy atom. The van der Waals surface area contributed by atoms with Crippen LogP contribution in [0.4, 0.5) is 0 Å². The number of carbonyl (C=O) groups is 1. The number of benzene rings is 2. The first-order valence-corrected chi connectivity index (χ1v) is 11.1. The fourth-order valence-corrected chi connectivity index (χ4v) is 4.20. The van der Waals surface area contributed by atoms with Crippen LogP contribution in [0.5, 0.6) is 0 Å². The van der Waals surface area contributed by atoms with Gasteiger partial charge in [-0.25, -0.2) is 9.97 Å². The van der Waals surface area contributed by atoms with Gasteiger partial charge < -0.3 is 14.4 Å². The van der Waals surface area contributed by atoms with Crippen molar-refractivity contribution in [1.82, 2.24) is 25.0 Å². The lowest BCUT2D eigenvalue weighted by atomic mass is 10.0. The van der Waals surface area contributed by atoms with Gasteiger partial charge in [0, 0.05) is 25.1 Å². The van der Waals surface area contributed by atoms with Crippen LogP contribution in [0.15, 0.2) is 59.1 Å². The quantitative estimate of drug-likeness (QED) is 0.409. The molecule has 0 saturated heterocycles. The molecule has 3 aromatic heterocycles. The van der Waals surface area contributed by atoms with E-state index in [1.807, 2.05) is 62.4 Å². The van der Waals surface area contributed by atoms with Crippen molar-refractivity contribution in [2.24, 2.45) is 0 Å². The predicted molar refractivity (Wildman–Crippen MR) is 128 cm³/mol. The molecule has 7 nitrogen and oxygen atoms in total. The summed E-state index contributed by atoms with van der Waals surface area (Å²) in [5.74, 6) is 0.779. The largest absolute Gasteiger partial charge is 0.352 e. The molecule has 0 unspecified atom stereocenters. The molecule has 0 atom stereocenters. The van der Waals surface area contributed by atoms with E-state index in [9.17, 15) is 4.79 Å². The van der Waals surface area contributed by atoms with Gasteiger partial charge in [0.15, 0.2) is 0 Å². The Kier molecular flexibility index (Phi) is 5.38. The summed E-state index contributed by atoms with van der Waals surface area (Å²) >= 11 is 0. The lowest BCUT2D eigenvalue weighted by molar-refractivity contribution is 0.0955. The topological polar surface area (TPSA) is 85.8 Å². The molecule has 0 bridgehead atoms.